The SMILES string of the molecule is c1cc2ccc1CSC[C@H]1CCC[C@H](CSC2)C1. The Kier molecular flexibility index (Phi) is 4.58. The third kappa shape index (κ3) is 3.48. The van der Waals surface area contributed by atoms with E-state index >= 15 is 0 Å². The van der Waals surface area contributed by atoms with E-state index in [1.807, 2.05) is 0 Å². The molecule has 1 aromatic rings. The fraction of sp³-hybridized carbons (Fsp3) is 0.625. The average Bonchev–Trinajstić information content (AvgIpc) is 2.42. The zero-order valence-electron chi connectivity index (χ0n) is 10.9. The minimum Gasteiger partial charge on any atom is -0.157 e. The van der Waals surface area contributed by atoms with Crippen LogP contribution in [0.5, 0.6) is 0 Å². The van der Waals surface area contributed by atoms with Crippen molar-refractivity contribution in [1.82, 2.24) is 0 Å². The van der Waals surface area contributed by atoms with Gasteiger partial charge in [-0.2, -0.15) is 23.5 Å². The topological polar surface area (TPSA) is 0 Å². The van der Waals surface area contributed by atoms with E-state index in [9.17, 15) is 0 Å². The molecule has 2 atom stereocenters. The quantitative estimate of drug-likeness (QED) is 0.657. The van der Waals surface area contributed by atoms with Crippen molar-refractivity contribution in [2.75, 3.05) is 11.5 Å². The van der Waals surface area contributed by atoms with Crippen LogP contribution >= 0.6 is 23.5 Å². The third-order valence-electron chi connectivity index (χ3n) is 4.16. The molecule has 2 heteroatoms. The van der Waals surface area contributed by atoms with Gasteiger partial charge < -0.3 is 0 Å². The molecule has 0 saturated heterocycles. The Morgan fingerprint density at radius 3 is 1.78 bits per heavy atom. The van der Waals surface area contributed by atoms with Crippen LogP contribution in [0.1, 0.15) is 36.8 Å². The van der Waals surface area contributed by atoms with Gasteiger partial charge in [-0.15, -0.1) is 0 Å². The number of thioether (sulfide) groups is 2. The molecule has 3 aliphatic rings. The van der Waals surface area contributed by atoms with Crippen molar-refractivity contribution in [3.05, 3.63) is 35.4 Å². The number of fused-ring (bicyclic) bond motifs is 6. The highest BCUT2D eigenvalue weighted by atomic mass is 32.2. The first kappa shape index (κ1) is 12.9. The summed E-state index contributed by atoms with van der Waals surface area (Å²) in [7, 11) is 0. The minimum atomic E-state index is 0.994. The monoisotopic (exact) mass is 278 g/mol. The Morgan fingerprint density at radius 1 is 0.778 bits per heavy atom. The number of benzene rings is 1. The molecule has 0 amide bonds. The Hall–Kier alpha value is -0.0800. The average molecular weight is 278 g/mol. The molecule has 1 aromatic carbocycles. The number of rotatable bonds is 0. The van der Waals surface area contributed by atoms with Gasteiger partial charge in [-0.25, -0.2) is 0 Å². The van der Waals surface area contributed by atoms with E-state index < -0.39 is 0 Å². The molecule has 0 nitrogen and oxygen atoms in total. The van der Waals surface area contributed by atoms with Crippen molar-refractivity contribution in [2.24, 2.45) is 11.8 Å². The van der Waals surface area contributed by atoms with E-state index in [0.29, 0.717) is 0 Å². The first-order valence-corrected chi connectivity index (χ1v) is 9.44. The molecule has 4 rings (SSSR count). The predicted octanol–water partition coefficient (Wildman–Crippen LogP) is 4.97. The zero-order valence-corrected chi connectivity index (χ0v) is 12.6. The molecular weight excluding hydrogens is 256 g/mol. The summed E-state index contributed by atoms with van der Waals surface area (Å²) in [6.45, 7) is 0. The maximum absolute atomic E-state index is 2.33. The van der Waals surface area contributed by atoms with Crippen molar-refractivity contribution in [2.45, 2.75) is 37.2 Å². The van der Waals surface area contributed by atoms with E-state index in [2.05, 4.69) is 47.8 Å². The molecule has 0 aromatic heterocycles. The van der Waals surface area contributed by atoms with Crippen molar-refractivity contribution in [3.63, 3.8) is 0 Å². The van der Waals surface area contributed by atoms with Crippen molar-refractivity contribution < 1.29 is 0 Å². The standard InChI is InChI=1S/C16H22S2/c1-2-15-8-16(3-1)12-18-10-14-6-4-13(5-7-14)9-17-11-15/h4-7,15-16H,1-3,8-12H2/t15-,16-/m0/s1. The van der Waals surface area contributed by atoms with E-state index in [4.69, 9.17) is 0 Å². The zero-order chi connectivity index (χ0) is 12.2. The molecule has 4 bridgehead atoms. The normalized spacial score (nSPS) is 29.1. The maximum Gasteiger partial charge on any atom is 0.0184 e. The summed E-state index contributed by atoms with van der Waals surface area (Å²) in [6, 6.07) is 9.31. The van der Waals surface area contributed by atoms with Crippen LogP contribution in [0.25, 0.3) is 0 Å². The second kappa shape index (κ2) is 6.38. The summed E-state index contributed by atoms with van der Waals surface area (Å²) in [5.41, 5.74) is 3.00. The smallest absolute Gasteiger partial charge is 0.0184 e. The van der Waals surface area contributed by atoms with Gasteiger partial charge in [0.15, 0.2) is 0 Å². The molecule has 18 heavy (non-hydrogen) atoms. The molecule has 1 aliphatic carbocycles. The fourth-order valence-electron chi connectivity index (χ4n) is 3.12. The van der Waals surface area contributed by atoms with Crippen LogP contribution in [0.15, 0.2) is 24.3 Å². The maximum atomic E-state index is 2.33. The Balaban J connectivity index is 1.69. The highest BCUT2D eigenvalue weighted by molar-refractivity contribution is 7.98. The largest absolute Gasteiger partial charge is 0.157 e. The van der Waals surface area contributed by atoms with Gasteiger partial charge in [-0.05, 0) is 53.7 Å². The van der Waals surface area contributed by atoms with Crippen LogP contribution in [-0.2, 0) is 11.5 Å². The molecule has 1 fully saturated rings. The lowest BCUT2D eigenvalue weighted by Gasteiger charge is -2.28. The Labute approximate surface area is 119 Å². The summed E-state index contributed by atoms with van der Waals surface area (Å²) in [4.78, 5) is 0. The molecule has 0 radical (unpaired) electrons. The van der Waals surface area contributed by atoms with Crippen molar-refractivity contribution in [1.29, 1.82) is 0 Å². The molecule has 2 aliphatic heterocycles. The van der Waals surface area contributed by atoms with Crippen LogP contribution < -0.4 is 0 Å². The van der Waals surface area contributed by atoms with Gasteiger partial charge in [0, 0.05) is 11.5 Å². The van der Waals surface area contributed by atoms with E-state index in [-0.39, 0.29) is 0 Å². The molecule has 98 valence electrons. The minimum absolute atomic E-state index is 0.994. The molecule has 1 saturated carbocycles. The van der Waals surface area contributed by atoms with E-state index in [0.717, 1.165) is 11.8 Å². The van der Waals surface area contributed by atoms with Gasteiger partial charge in [0.2, 0.25) is 0 Å². The second-order valence-electron chi connectivity index (χ2n) is 5.75. The van der Waals surface area contributed by atoms with Gasteiger partial charge in [0.25, 0.3) is 0 Å². The summed E-state index contributed by atoms with van der Waals surface area (Å²) in [5.74, 6) is 7.15. The lowest BCUT2D eigenvalue weighted by molar-refractivity contribution is 0.309. The summed E-state index contributed by atoms with van der Waals surface area (Å²) >= 11 is 4.29. The lowest BCUT2D eigenvalue weighted by atomic mass is 9.83. The van der Waals surface area contributed by atoms with Gasteiger partial charge >= 0.3 is 0 Å². The lowest BCUT2D eigenvalue weighted by Crippen LogP contribution is -2.19. The van der Waals surface area contributed by atoms with Crippen LogP contribution in [-0.4, -0.2) is 11.5 Å². The second-order valence-corrected chi connectivity index (χ2v) is 7.81. The molecular formula is C16H22S2. The number of hydrogen-bond donors (Lipinski definition) is 0. The number of hydrogen-bond acceptors (Lipinski definition) is 2. The van der Waals surface area contributed by atoms with Gasteiger partial charge in [-0.1, -0.05) is 30.7 Å². The highest BCUT2D eigenvalue weighted by Gasteiger charge is 2.22. The van der Waals surface area contributed by atoms with Gasteiger partial charge in [0.05, 0.1) is 0 Å². The van der Waals surface area contributed by atoms with E-state index in [1.54, 1.807) is 0 Å². The van der Waals surface area contributed by atoms with Crippen LogP contribution in [0.4, 0.5) is 0 Å². The summed E-state index contributed by atoms with van der Waals surface area (Å²) in [5, 5.41) is 0. The Morgan fingerprint density at radius 2 is 1.28 bits per heavy atom. The first-order valence-electron chi connectivity index (χ1n) is 7.13. The first-order chi connectivity index (χ1) is 8.90. The van der Waals surface area contributed by atoms with Crippen molar-refractivity contribution >= 4 is 23.5 Å². The Bertz CT molecular complexity index is 336. The summed E-state index contributed by atoms with van der Waals surface area (Å²) < 4.78 is 0. The fourth-order valence-corrected chi connectivity index (χ4v) is 5.49. The molecule has 0 spiro atoms. The van der Waals surface area contributed by atoms with Crippen LogP contribution in [0.3, 0.4) is 0 Å². The third-order valence-corrected chi connectivity index (χ3v) is 6.65. The molecule has 0 unspecified atom stereocenters. The van der Waals surface area contributed by atoms with Gasteiger partial charge in [-0.3, -0.25) is 0 Å². The van der Waals surface area contributed by atoms with E-state index in [1.165, 1.54) is 59.8 Å². The van der Waals surface area contributed by atoms with Gasteiger partial charge in [0.1, 0.15) is 0 Å². The van der Waals surface area contributed by atoms with Crippen LogP contribution in [0.2, 0.25) is 0 Å². The molecule has 2 heterocycles. The van der Waals surface area contributed by atoms with Crippen LogP contribution in [0, 0.1) is 11.8 Å². The predicted molar refractivity (Wildman–Crippen MR) is 84.2 cm³/mol. The van der Waals surface area contributed by atoms with Crippen molar-refractivity contribution in [3.8, 4) is 0 Å². The summed E-state index contributed by atoms with van der Waals surface area (Å²) in [6.07, 6.45) is 5.92. The highest BCUT2D eigenvalue weighted by Crippen LogP contribution is 2.34. The molecule has 0 N–H and O–H groups in total.